The van der Waals surface area contributed by atoms with Crippen LogP contribution in [0.1, 0.15) is 105 Å². The third-order valence-electron chi connectivity index (χ3n) is 11.3. The molecule has 0 saturated heterocycles. The molecule has 8 nitrogen and oxygen atoms in total. The van der Waals surface area contributed by atoms with Gasteiger partial charge in [-0.3, -0.25) is 4.79 Å². The van der Waals surface area contributed by atoms with Crippen molar-refractivity contribution in [1.82, 2.24) is 9.55 Å². The van der Waals surface area contributed by atoms with E-state index in [1.165, 1.54) is 33.2 Å². The van der Waals surface area contributed by atoms with Crippen LogP contribution in [0.15, 0.2) is 73.2 Å². The molecule has 3 aliphatic rings. The van der Waals surface area contributed by atoms with Gasteiger partial charge < -0.3 is 35.6 Å². The summed E-state index contributed by atoms with van der Waals surface area (Å²) in [5.41, 5.74) is 17.5. The lowest BCUT2D eigenvalue weighted by Gasteiger charge is -2.46. The van der Waals surface area contributed by atoms with Gasteiger partial charge in [-0.25, -0.2) is 0 Å². The summed E-state index contributed by atoms with van der Waals surface area (Å²) >= 11 is 0. The molecule has 5 aromatic rings. The highest BCUT2D eigenvalue weighted by atomic mass is 16.5. The molecule has 1 aliphatic heterocycles. The lowest BCUT2D eigenvalue weighted by Crippen LogP contribution is -2.37. The van der Waals surface area contributed by atoms with E-state index in [-0.39, 0.29) is 36.3 Å². The van der Waals surface area contributed by atoms with Crippen LogP contribution in [0.25, 0.3) is 22.0 Å². The number of fused-ring (bicyclic) bond motifs is 4. The summed E-state index contributed by atoms with van der Waals surface area (Å²) in [7, 11) is 0. The first-order chi connectivity index (χ1) is 23.9. The van der Waals surface area contributed by atoms with Gasteiger partial charge in [0.25, 0.3) is 0 Å². The number of nitrogens with zero attached hydrogens (tertiary/aromatic N) is 1. The van der Waals surface area contributed by atoms with Crippen molar-refractivity contribution in [2.75, 3.05) is 5.32 Å². The number of benzene rings is 3. The van der Waals surface area contributed by atoms with E-state index in [0.29, 0.717) is 30.9 Å². The van der Waals surface area contributed by atoms with Gasteiger partial charge in [-0.2, -0.15) is 0 Å². The van der Waals surface area contributed by atoms with Crippen molar-refractivity contribution in [1.29, 1.82) is 0 Å². The lowest BCUT2D eigenvalue weighted by atomic mass is 9.58. The van der Waals surface area contributed by atoms with Gasteiger partial charge in [0.2, 0.25) is 0 Å². The topological polar surface area (TPSA) is 126 Å². The predicted molar refractivity (Wildman–Crippen MR) is 193 cm³/mol. The number of hydrogen-bond acceptors (Lipinski definition) is 6. The predicted octanol–water partition coefficient (Wildman–Crippen LogP) is 8.16. The number of aromatic nitrogens is 2. The average Bonchev–Trinajstić information content (AvgIpc) is 3.82. The number of carbonyl (C=O) groups is 1. The number of phenols is 1. The number of ether oxygens (including phenoxy) is 1. The number of rotatable bonds is 13. The largest absolute Gasteiger partial charge is 0.504 e. The molecule has 0 radical (unpaired) electrons. The van der Waals surface area contributed by atoms with Crippen molar-refractivity contribution < 1.29 is 19.7 Å². The highest BCUT2D eigenvalue weighted by Gasteiger charge is 2.53. The van der Waals surface area contributed by atoms with Gasteiger partial charge in [0.1, 0.15) is 11.9 Å². The number of H-pyrrole nitrogens is 1. The summed E-state index contributed by atoms with van der Waals surface area (Å²) in [6, 6.07) is 18.6. The van der Waals surface area contributed by atoms with E-state index in [2.05, 4.69) is 72.2 Å². The van der Waals surface area contributed by atoms with Crippen LogP contribution in [0.5, 0.6) is 11.5 Å². The number of nitrogens with one attached hydrogen (secondary N) is 2. The molecule has 8 rings (SSSR count). The number of anilines is 1. The number of aliphatic hydroxyl groups is 1. The molecule has 2 aliphatic carbocycles. The Morgan fingerprint density at radius 2 is 1.94 bits per heavy atom. The Balaban J connectivity index is 1.03. The SMILES string of the molecule is CCCCC[C@@H](O)CC(=O)CCc1ccc(O)c(OCn2cc3[nH]cc([C@@]45CCC[C@@H]4c4cccc6c4-c4c(cccc45)[C@H](N)N6)c3c2)c1. The first-order valence-corrected chi connectivity index (χ1v) is 18.0. The molecule has 4 atom stereocenters. The molecular formula is C41H46N4O4. The quantitative estimate of drug-likeness (QED) is 0.0813. The first-order valence-electron chi connectivity index (χ1n) is 18.0. The number of hydrogen-bond donors (Lipinski definition) is 5. The summed E-state index contributed by atoms with van der Waals surface area (Å²) in [5.74, 6) is 0.862. The van der Waals surface area contributed by atoms with E-state index in [0.717, 1.165) is 60.9 Å². The molecule has 0 unspecified atom stereocenters. The van der Waals surface area contributed by atoms with Gasteiger partial charge in [0, 0.05) is 53.5 Å². The van der Waals surface area contributed by atoms with Gasteiger partial charge in [0.15, 0.2) is 18.2 Å². The fraction of sp³-hybridized carbons (Fsp3) is 0.390. The van der Waals surface area contributed by atoms with E-state index in [1.54, 1.807) is 6.07 Å². The van der Waals surface area contributed by atoms with E-state index >= 15 is 0 Å². The fourth-order valence-corrected chi connectivity index (χ4v) is 9.07. The Hall–Kier alpha value is -4.53. The summed E-state index contributed by atoms with van der Waals surface area (Å²) in [6.07, 6.45) is 13.8. The first kappa shape index (κ1) is 31.7. The Morgan fingerprint density at radius 1 is 1.08 bits per heavy atom. The van der Waals surface area contributed by atoms with Crippen molar-refractivity contribution >= 4 is 22.4 Å². The number of carbonyl (C=O) groups excluding carboxylic acids is 1. The maximum atomic E-state index is 12.5. The van der Waals surface area contributed by atoms with Crippen LogP contribution in [0.2, 0.25) is 0 Å². The molecule has 1 fully saturated rings. The monoisotopic (exact) mass is 658 g/mol. The molecule has 0 spiro atoms. The highest BCUT2D eigenvalue weighted by Crippen LogP contribution is 2.64. The molecule has 8 heteroatoms. The van der Waals surface area contributed by atoms with Gasteiger partial charge in [0.05, 0.1) is 11.6 Å². The normalized spacial score (nSPS) is 20.9. The van der Waals surface area contributed by atoms with E-state index in [9.17, 15) is 15.0 Å². The minimum absolute atomic E-state index is 0.0548. The Labute approximate surface area is 287 Å². The van der Waals surface area contributed by atoms with E-state index in [1.807, 2.05) is 16.7 Å². The number of aryl methyl sites for hydroxylation is 1. The summed E-state index contributed by atoms with van der Waals surface area (Å²) < 4.78 is 8.19. The average molecular weight is 659 g/mol. The third-order valence-corrected chi connectivity index (χ3v) is 11.3. The van der Waals surface area contributed by atoms with Crippen LogP contribution in [-0.4, -0.2) is 31.7 Å². The second-order valence-electron chi connectivity index (χ2n) is 14.3. The number of Topliss-reactive ketones (excluding diaryl/α,β-unsaturated/α-hetero) is 1. The lowest BCUT2D eigenvalue weighted by molar-refractivity contribution is -0.121. The summed E-state index contributed by atoms with van der Waals surface area (Å²) in [6.45, 7) is 2.35. The molecule has 49 heavy (non-hydrogen) atoms. The smallest absolute Gasteiger partial charge is 0.165 e. The number of phenolic OH excluding ortho intramolecular Hbond substituents is 1. The van der Waals surface area contributed by atoms with Crippen LogP contribution in [-0.2, 0) is 23.4 Å². The minimum Gasteiger partial charge on any atom is -0.504 e. The second kappa shape index (κ2) is 12.7. The van der Waals surface area contributed by atoms with Crippen LogP contribution in [0.3, 0.4) is 0 Å². The standard InChI is InChI=1S/C41H46N4O4/c1-2-3-4-8-26(46)20-27(47)16-14-25-15-17-36(48)37(19-25)49-24-45-22-30-33(21-43-35(30)23-45)41-18-7-12-31(41)28-9-6-13-34-39(28)38-29(40(42)44-34)10-5-11-32(38)41/h5-6,9-11,13,15,17,19,21-23,26,31,40,43-44,46,48H,2-4,7-8,12,14,16,18,20,24,42H2,1H3/t26-,31-,40-,41+/m1/s1. The fourth-order valence-electron chi connectivity index (χ4n) is 9.07. The van der Waals surface area contributed by atoms with Crippen molar-refractivity contribution in [3.63, 3.8) is 0 Å². The molecule has 0 amide bonds. The zero-order chi connectivity index (χ0) is 33.7. The van der Waals surface area contributed by atoms with Crippen molar-refractivity contribution in [2.45, 2.75) is 101 Å². The molecule has 6 N–H and O–H groups in total. The van der Waals surface area contributed by atoms with Crippen molar-refractivity contribution in [3.8, 4) is 22.6 Å². The van der Waals surface area contributed by atoms with Crippen LogP contribution >= 0.6 is 0 Å². The number of aliphatic hydroxyl groups excluding tert-OH is 1. The molecule has 3 aromatic carbocycles. The van der Waals surface area contributed by atoms with Gasteiger partial charge in [-0.05, 0) is 83.2 Å². The number of aromatic amines is 1. The Kier molecular flexibility index (Phi) is 8.24. The molecular weight excluding hydrogens is 612 g/mol. The maximum absolute atomic E-state index is 12.5. The molecule has 254 valence electrons. The number of unbranched alkanes of at least 4 members (excludes halogenated alkanes) is 2. The van der Waals surface area contributed by atoms with Crippen LogP contribution < -0.4 is 15.8 Å². The molecule has 1 saturated carbocycles. The summed E-state index contributed by atoms with van der Waals surface area (Å²) in [4.78, 5) is 16.1. The van der Waals surface area contributed by atoms with Crippen LogP contribution in [0.4, 0.5) is 5.69 Å². The second-order valence-corrected chi connectivity index (χ2v) is 14.3. The maximum Gasteiger partial charge on any atom is 0.165 e. The van der Waals surface area contributed by atoms with Gasteiger partial charge >= 0.3 is 0 Å². The van der Waals surface area contributed by atoms with Gasteiger partial charge in [-0.1, -0.05) is 69.0 Å². The number of aromatic hydroxyl groups is 1. The number of ketones is 1. The van der Waals surface area contributed by atoms with Crippen molar-refractivity contribution in [2.24, 2.45) is 5.73 Å². The van der Waals surface area contributed by atoms with Crippen LogP contribution in [0, 0.1) is 0 Å². The summed E-state index contributed by atoms with van der Waals surface area (Å²) in [5, 5.41) is 25.5. The van der Waals surface area contributed by atoms with Gasteiger partial charge in [-0.15, -0.1) is 0 Å². The number of nitrogens with two attached hydrogens (primary N) is 1. The molecule has 2 aromatic heterocycles. The molecule has 0 bridgehead atoms. The zero-order valence-electron chi connectivity index (χ0n) is 28.2. The minimum atomic E-state index is -0.569. The molecule has 3 heterocycles. The van der Waals surface area contributed by atoms with E-state index in [4.69, 9.17) is 10.5 Å². The van der Waals surface area contributed by atoms with E-state index < -0.39 is 6.10 Å². The Bertz CT molecular complexity index is 2030. The van der Waals surface area contributed by atoms with Crippen molar-refractivity contribution in [3.05, 3.63) is 101 Å². The highest BCUT2D eigenvalue weighted by molar-refractivity contribution is 5.94. The Morgan fingerprint density at radius 3 is 2.82 bits per heavy atom. The third kappa shape index (κ3) is 5.42. The zero-order valence-corrected chi connectivity index (χ0v) is 28.2.